The first-order chi connectivity index (χ1) is 14.6. The maximum atomic E-state index is 13.0. The summed E-state index contributed by atoms with van der Waals surface area (Å²) in [4.78, 5) is 4.51. The third-order valence-electron chi connectivity index (χ3n) is 5.65. The van der Waals surface area contributed by atoms with Gasteiger partial charge in [-0.25, -0.2) is 8.78 Å². The number of aliphatic hydroxyl groups excluding tert-OH is 1. The molecule has 9 heteroatoms. The van der Waals surface area contributed by atoms with Crippen LogP contribution in [0.3, 0.4) is 0 Å². The van der Waals surface area contributed by atoms with Crippen LogP contribution < -0.4 is 0 Å². The molecule has 0 aromatic heterocycles. The summed E-state index contributed by atoms with van der Waals surface area (Å²) in [6, 6.07) is 11.9. The zero-order valence-electron chi connectivity index (χ0n) is 16.8. The third kappa shape index (κ3) is 5.23. The Morgan fingerprint density at radius 2 is 1.29 bits per heavy atom. The fourth-order valence-corrected chi connectivity index (χ4v) is 3.70. The Kier molecular flexibility index (Phi) is 7.31. The van der Waals surface area contributed by atoms with Crippen molar-refractivity contribution in [3.05, 3.63) is 59.7 Å². The van der Waals surface area contributed by atoms with E-state index in [1.165, 1.54) is 12.1 Å². The van der Waals surface area contributed by atoms with Crippen LogP contribution in [0.1, 0.15) is 11.1 Å². The molecule has 4 nitrogen and oxygen atoms in total. The molecule has 0 radical (unpaired) electrons. The first-order valence-corrected chi connectivity index (χ1v) is 9.98. The summed E-state index contributed by atoms with van der Waals surface area (Å²) in [7, 11) is 0. The second-order valence-corrected chi connectivity index (χ2v) is 7.68. The van der Waals surface area contributed by atoms with E-state index in [0.29, 0.717) is 12.1 Å². The molecule has 0 saturated carbocycles. The summed E-state index contributed by atoms with van der Waals surface area (Å²) in [6.07, 6.45) is -9.49. The topological polar surface area (TPSA) is 46.9 Å². The van der Waals surface area contributed by atoms with Gasteiger partial charge in [-0.15, -0.1) is 0 Å². The van der Waals surface area contributed by atoms with Gasteiger partial charge in [-0.1, -0.05) is 48.5 Å². The summed E-state index contributed by atoms with van der Waals surface area (Å²) in [5.41, 5.74) is -2.71. The molecule has 31 heavy (non-hydrogen) atoms. The van der Waals surface area contributed by atoms with Crippen molar-refractivity contribution in [2.45, 2.75) is 24.7 Å². The van der Waals surface area contributed by atoms with Gasteiger partial charge < -0.3 is 10.2 Å². The summed E-state index contributed by atoms with van der Waals surface area (Å²) in [6.45, 7) is 5.19. The molecule has 1 heterocycles. The van der Waals surface area contributed by atoms with Gasteiger partial charge in [0.25, 0.3) is 6.43 Å². The van der Waals surface area contributed by atoms with E-state index in [-0.39, 0.29) is 6.61 Å². The van der Waals surface area contributed by atoms with Gasteiger partial charge in [0.15, 0.2) is 0 Å². The lowest BCUT2D eigenvalue weighted by Crippen LogP contribution is -2.48. The van der Waals surface area contributed by atoms with Crippen LogP contribution in [0.15, 0.2) is 48.5 Å². The molecule has 1 unspecified atom stereocenters. The minimum Gasteiger partial charge on any atom is -0.395 e. The largest absolute Gasteiger partial charge is 0.427 e. The van der Waals surface area contributed by atoms with E-state index in [2.05, 4.69) is 9.80 Å². The molecule has 2 aromatic rings. The molecule has 1 aliphatic rings. The first-order valence-electron chi connectivity index (χ1n) is 9.98. The van der Waals surface area contributed by atoms with Crippen LogP contribution in [-0.2, 0) is 12.1 Å². The van der Waals surface area contributed by atoms with E-state index in [1.54, 1.807) is 0 Å². The Labute approximate surface area is 177 Å². The third-order valence-corrected chi connectivity index (χ3v) is 5.65. The minimum absolute atomic E-state index is 0.153. The number of nitrogens with zero attached hydrogens (tertiary/aromatic N) is 2. The first kappa shape index (κ1) is 23.6. The number of β-amino-alcohol motifs (C(OH)–C–C–N with tert-alkyl or cyclic N) is 1. The van der Waals surface area contributed by atoms with E-state index >= 15 is 0 Å². The predicted octanol–water partition coefficient (Wildman–Crippen LogP) is 3.48. The normalized spacial score (nSPS) is 18.3. The number of hydrogen-bond acceptors (Lipinski definition) is 4. The molecule has 0 bridgehead atoms. The van der Waals surface area contributed by atoms with Crippen LogP contribution in [-0.4, -0.2) is 71.9 Å². The number of hydrogen-bond donors (Lipinski definition) is 2. The predicted molar refractivity (Wildman–Crippen MR) is 107 cm³/mol. The Hall–Kier alpha value is -2.07. The van der Waals surface area contributed by atoms with Gasteiger partial charge >= 0.3 is 6.18 Å². The molecule has 0 amide bonds. The minimum atomic E-state index is -5.49. The number of aliphatic hydroxyl groups is 2. The fourth-order valence-electron chi connectivity index (χ4n) is 3.70. The van der Waals surface area contributed by atoms with E-state index in [4.69, 9.17) is 5.11 Å². The van der Waals surface area contributed by atoms with Gasteiger partial charge in [-0.3, -0.25) is 9.80 Å². The molecule has 1 saturated heterocycles. The molecular formula is C22H25F5N2O2. The van der Waals surface area contributed by atoms with Crippen LogP contribution >= 0.6 is 0 Å². The monoisotopic (exact) mass is 444 g/mol. The van der Waals surface area contributed by atoms with Crippen LogP contribution in [0.2, 0.25) is 0 Å². The van der Waals surface area contributed by atoms with Crippen LogP contribution in [0.5, 0.6) is 0 Å². The van der Waals surface area contributed by atoms with Gasteiger partial charge in [0, 0.05) is 39.3 Å². The van der Waals surface area contributed by atoms with E-state index in [9.17, 15) is 27.1 Å². The molecule has 3 rings (SSSR count). The van der Waals surface area contributed by atoms with Crippen molar-refractivity contribution >= 4 is 0 Å². The lowest BCUT2D eigenvalue weighted by molar-refractivity contribution is -0.305. The van der Waals surface area contributed by atoms with Gasteiger partial charge in [-0.05, 0) is 22.3 Å². The highest BCUT2D eigenvalue weighted by molar-refractivity contribution is 5.64. The van der Waals surface area contributed by atoms with E-state index in [1.807, 2.05) is 24.3 Å². The van der Waals surface area contributed by atoms with Crippen molar-refractivity contribution in [3.63, 3.8) is 0 Å². The Balaban J connectivity index is 1.66. The molecule has 1 atom stereocenters. The average Bonchev–Trinajstić information content (AvgIpc) is 2.74. The van der Waals surface area contributed by atoms with Crippen molar-refractivity contribution in [2.24, 2.45) is 0 Å². The highest BCUT2D eigenvalue weighted by Gasteiger charge is 2.61. The van der Waals surface area contributed by atoms with Crippen LogP contribution in [0.4, 0.5) is 22.0 Å². The maximum absolute atomic E-state index is 13.0. The van der Waals surface area contributed by atoms with Crippen LogP contribution in [0, 0.1) is 0 Å². The zero-order chi connectivity index (χ0) is 22.6. The van der Waals surface area contributed by atoms with Gasteiger partial charge in [0.05, 0.1) is 6.61 Å². The lowest BCUT2D eigenvalue weighted by Gasteiger charge is -2.34. The number of piperazine rings is 1. The van der Waals surface area contributed by atoms with Gasteiger partial charge in [0.2, 0.25) is 5.60 Å². The smallest absolute Gasteiger partial charge is 0.395 e. The van der Waals surface area contributed by atoms with E-state index < -0.39 is 23.8 Å². The van der Waals surface area contributed by atoms with Crippen molar-refractivity contribution in [1.29, 1.82) is 0 Å². The summed E-state index contributed by atoms with van der Waals surface area (Å²) < 4.78 is 65.0. The molecule has 170 valence electrons. The molecule has 0 aliphatic carbocycles. The summed E-state index contributed by atoms with van der Waals surface area (Å²) in [5, 5.41) is 18.6. The second-order valence-electron chi connectivity index (χ2n) is 7.68. The van der Waals surface area contributed by atoms with Gasteiger partial charge in [-0.2, -0.15) is 13.2 Å². The molecule has 1 aliphatic heterocycles. The summed E-state index contributed by atoms with van der Waals surface area (Å²) in [5.74, 6) is 0. The van der Waals surface area contributed by atoms with Crippen molar-refractivity contribution in [2.75, 3.05) is 39.3 Å². The van der Waals surface area contributed by atoms with E-state index in [0.717, 1.165) is 56.0 Å². The van der Waals surface area contributed by atoms with Gasteiger partial charge in [0.1, 0.15) is 0 Å². The number of halogens is 5. The highest BCUT2D eigenvalue weighted by Crippen LogP contribution is 2.43. The molecule has 0 spiro atoms. The van der Waals surface area contributed by atoms with Crippen molar-refractivity contribution in [1.82, 2.24) is 9.80 Å². The molecule has 1 fully saturated rings. The van der Waals surface area contributed by atoms with Crippen molar-refractivity contribution < 1.29 is 32.2 Å². The lowest BCUT2D eigenvalue weighted by atomic mass is 9.91. The number of alkyl halides is 5. The number of rotatable bonds is 7. The molecule has 2 aromatic carbocycles. The molecular weight excluding hydrogens is 419 g/mol. The standard InChI is InChI=1S/C22H25F5N2O2/c23-20(24)21(31,22(25,26)27)19-7-5-18(6-8-19)17-3-1-16(2-4-17)15-29-11-9-28(10-12-29)13-14-30/h1-8,20,30-31H,9-15H2. The Bertz CT molecular complexity index is 834. The van der Waals surface area contributed by atoms with Crippen molar-refractivity contribution in [3.8, 4) is 11.1 Å². The summed E-state index contributed by atoms with van der Waals surface area (Å²) >= 11 is 0. The molecule has 2 N–H and O–H groups in total. The van der Waals surface area contributed by atoms with Crippen LogP contribution in [0.25, 0.3) is 11.1 Å². The highest BCUT2D eigenvalue weighted by atomic mass is 19.4. The Morgan fingerprint density at radius 3 is 1.74 bits per heavy atom. The zero-order valence-corrected chi connectivity index (χ0v) is 16.8. The number of benzene rings is 2. The Morgan fingerprint density at radius 1 is 0.806 bits per heavy atom. The second kappa shape index (κ2) is 9.60. The SMILES string of the molecule is OCCN1CCN(Cc2ccc(-c3ccc(C(O)(C(F)F)C(F)(F)F)cc3)cc2)CC1. The maximum Gasteiger partial charge on any atom is 0.427 e. The quantitative estimate of drug-likeness (QED) is 0.642. The average molecular weight is 444 g/mol. The fraction of sp³-hybridized carbons (Fsp3) is 0.455.